The van der Waals surface area contributed by atoms with E-state index in [-0.39, 0.29) is 114 Å². The molecule has 33 heteroatoms. The molecule has 7 N–H and O–H groups in total. The third-order valence-corrected chi connectivity index (χ3v) is 18.2. The highest BCUT2D eigenvalue weighted by Crippen LogP contribution is 2.29. The van der Waals surface area contributed by atoms with Crippen molar-refractivity contribution in [3.8, 4) is 17.2 Å². The Morgan fingerprint density at radius 2 is 0.934 bits per heavy atom. The highest BCUT2D eigenvalue weighted by molar-refractivity contribution is 9.10. The van der Waals surface area contributed by atoms with Crippen molar-refractivity contribution in [1.29, 1.82) is 0 Å². The molecule has 12 heterocycles. The summed E-state index contributed by atoms with van der Waals surface area (Å²) >= 11 is 3.23. The minimum absolute atomic E-state index is 0.00272. The van der Waals surface area contributed by atoms with Crippen molar-refractivity contribution in [2.24, 2.45) is 5.73 Å². The van der Waals surface area contributed by atoms with Gasteiger partial charge in [0, 0.05) is 99.2 Å². The molecule has 14 rings (SSSR count). The zero-order chi connectivity index (χ0) is 76.0. The van der Waals surface area contributed by atoms with E-state index in [2.05, 4.69) is 52.1 Å². The third-order valence-electron chi connectivity index (χ3n) is 17.5. The topological polar surface area (TPSA) is 382 Å². The second-order valence-electron chi connectivity index (χ2n) is 26.7. The molecule has 0 unspecified atom stereocenters. The number of amides is 3. The van der Waals surface area contributed by atoms with Crippen LogP contribution >= 0.6 is 15.9 Å². The summed E-state index contributed by atoms with van der Waals surface area (Å²) in [4.78, 5) is 130. The van der Waals surface area contributed by atoms with Crippen LogP contribution in [0.3, 0.4) is 0 Å². The van der Waals surface area contributed by atoms with Gasteiger partial charge in [0.15, 0.2) is 51.3 Å². The number of H-pyrrole nitrogens is 2. The Kier molecular flexibility index (Phi) is 22.5. The van der Waals surface area contributed by atoms with Crippen molar-refractivity contribution in [2.45, 2.75) is 139 Å². The van der Waals surface area contributed by atoms with Crippen LogP contribution in [0.2, 0.25) is 0 Å². The molecule has 0 atom stereocenters. The highest BCUT2D eigenvalue weighted by atomic mass is 79.9. The first-order chi connectivity index (χ1) is 50.6. The van der Waals surface area contributed by atoms with Gasteiger partial charge in [0.25, 0.3) is 17.7 Å². The lowest BCUT2D eigenvalue weighted by molar-refractivity contribution is 0.0506. The van der Waals surface area contributed by atoms with E-state index in [1.54, 1.807) is 94.6 Å². The Morgan fingerprint density at radius 1 is 0.528 bits per heavy atom. The fourth-order valence-corrected chi connectivity index (χ4v) is 12.9. The van der Waals surface area contributed by atoms with Crippen LogP contribution in [0.25, 0.3) is 16.9 Å². The molecule has 0 aliphatic carbocycles. The standard InChI is InChI=1S/C25H26N6O4.C19H23N3O3.C18H20N6O4.C11H12BrN3O3/c1-16(2)29-11-12-30-18(14-26-20-9-6-10-21-27-28-25(34)31(20)21)13-19(32)23(22(30)24(29)33)35-15-17-7-4-3-5-8-17;1-13(2)21-8-9-22-15(11-20)10-16(23)18(17(22)19(21)24)25-12-14-6-4-3-5-7-14;1-10(2)22-6-7-23-11(8-12(25)16(26)15(23)17(22)27)9-19-13-4-3-5-14-20-21-18(28)24(13)14;1-11(2,3)18-10(17)15-9(16)14-7(12)5-4-6-8(14)13-15/h3-10,13,16,26H,11-12,14-15H2,1-2H3,(H,28,34);3-7,10,13H,8-9,11-12,20H2,1-2H3;3-5,8,10,19,26H,6-7,9H2,1-2H3,(H,21,28);4-6H,1-3H3. The lowest BCUT2D eigenvalue weighted by Gasteiger charge is -2.35. The van der Waals surface area contributed by atoms with Crippen LogP contribution in [0.5, 0.6) is 17.2 Å². The number of nitrogens with zero attached hydrogens (tertiary/aromatic N) is 13. The smallest absolute Gasteiger partial charge is 0.439 e. The lowest BCUT2D eigenvalue weighted by atomic mass is 10.1. The molecule has 3 aliphatic heterocycles. The van der Waals surface area contributed by atoms with Crippen LogP contribution < -0.4 is 59.2 Å². The number of aromatic nitrogens is 12. The van der Waals surface area contributed by atoms with Gasteiger partial charge in [-0.1, -0.05) is 78.9 Å². The van der Waals surface area contributed by atoms with Crippen LogP contribution in [0.4, 0.5) is 16.4 Å². The van der Waals surface area contributed by atoms with E-state index in [4.69, 9.17) is 19.9 Å². The van der Waals surface area contributed by atoms with Gasteiger partial charge in [-0.05, 0) is 126 Å². The summed E-state index contributed by atoms with van der Waals surface area (Å²) in [7, 11) is 0. The summed E-state index contributed by atoms with van der Waals surface area (Å²) < 4.78 is 27.5. The first-order valence-electron chi connectivity index (χ1n) is 34.2. The molecule has 32 nitrogen and oxygen atoms in total. The van der Waals surface area contributed by atoms with E-state index in [1.165, 1.54) is 31.4 Å². The third kappa shape index (κ3) is 16.0. The molecule has 106 heavy (non-hydrogen) atoms. The number of anilines is 2. The lowest BCUT2D eigenvalue weighted by Crippen LogP contribution is -2.46. The summed E-state index contributed by atoms with van der Waals surface area (Å²) in [5, 5.41) is 33.2. The maximum absolute atomic E-state index is 13.5. The number of carbonyl (C=O) groups excluding carboxylic acids is 4. The Labute approximate surface area is 612 Å². The number of ether oxygens (including phenoxy) is 3. The van der Waals surface area contributed by atoms with Gasteiger partial charge >= 0.3 is 23.2 Å². The SMILES string of the molecule is CC(C)(C)OC(=O)n1nc2cccc(Br)n2c1=O.CC(C)N1CCn2c(CN)cc(=O)c(OCc3ccccc3)c2C1=O.CC(C)N1CCn2c(CNc3cccc4n[nH]c(=O)n34)cc(=O)c(O)c2C1=O.CC(C)N1CCn2c(CNc3cccc4n[nH]c(=O)n34)cc(=O)c(OCc3ccccc3)c2C1=O. The summed E-state index contributed by atoms with van der Waals surface area (Å²) in [5.41, 5.74) is 8.06. The fourth-order valence-electron chi connectivity index (χ4n) is 12.4. The van der Waals surface area contributed by atoms with Crippen LogP contribution in [-0.4, -0.2) is 144 Å². The van der Waals surface area contributed by atoms with E-state index in [0.29, 0.717) is 99.9 Å². The van der Waals surface area contributed by atoms with E-state index >= 15 is 0 Å². The maximum atomic E-state index is 13.5. The normalized spacial score (nSPS) is 13.4. The number of nitrogens with one attached hydrogen (secondary N) is 4. The molecule has 554 valence electrons. The molecule has 0 spiro atoms. The Hall–Kier alpha value is -12.1. The van der Waals surface area contributed by atoms with Gasteiger partial charge in [0.2, 0.25) is 16.3 Å². The minimum atomic E-state index is -0.789. The van der Waals surface area contributed by atoms with Gasteiger partial charge in [-0.3, -0.25) is 28.8 Å². The van der Waals surface area contributed by atoms with Crippen molar-refractivity contribution in [3.63, 3.8) is 0 Å². The predicted octanol–water partition coefficient (Wildman–Crippen LogP) is 6.40. The Balaban J connectivity index is 0.000000145. The molecule has 9 aromatic heterocycles. The summed E-state index contributed by atoms with van der Waals surface area (Å²) in [6, 6.07) is 38.8. The van der Waals surface area contributed by atoms with Gasteiger partial charge < -0.3 is 64.1 Å². The Morgan fingerprint density at radius 3 is 1.37 bits per heavy atom. The number of hydrogen-bond acceptors (Lipinski definition) is 20. The summed E-state index contributed by atoms with van der Waals surface area (Å²) in [5.74, 6) is -0.135. The Bertz CT molecular complexity index is 5510. The highest BCUT2D eigenvalue weighted by Gasteiger charge is 2.35. The average Bonchev–Trinajstić information content (AvgIpc) is 1.26. The zero-order valence-corrected chi connectivity index (χ0v) is 61.3. The van der Waals surface area contributed by atoms with Crippen molar-refractivity contribution in [1.82, 2.24) is 71.8 Å². The summed E-state index contributed by atoms with van der Waals surface area (Å²) in [6.07, 6.45) is -0.789. The fraction of sp³-hybridized carbons (Fsp3) is 0.329. The number of fused-ring (bicyclic) bond motifs is 6. The summed E-state index contributed by atoms with van der Waals surface area (Å²) in [6.45, 7) is 21.0. The molecule has 0 radical (unpaired) electrons. The van der Waals surface area contributed by atoms with E-state index in [9.17, 15) is 53.1 Å². The predicted molar refractivity (Wildman–Crippen MR) is 397 cm³/mol. The number of benzene rings is 2. The zero-order valence-electron chi connectivity index (χ0n) is 59.7. The quantitative estimate of drug-likeness (QED) is 0.0570. The molecule has 2 aromatic carbocycles. The molecule has 0 saturated carbocycles. The molecular weight excluding hydrogens is 1430 g/mol. The van der Waals surface area contributed by atoms with Gasteiger partial charge in [0.1, 0.15) is 30.5 Å². The van der Waals surface area contributed by atoms with Crippen molar-refractivity contribution < 1.29 is 38.5 Å². The maximum Gasteiger partial charge on any atom is 0.439 e. The van der Waals surface area contributed by atoms with Crippen LogP contribution in [0.15, 0.2) is 167 Å². The number of hydrogen-bond donors (Lipinski definition) is 6. The number of rotatable bonds is 16. The molecule has 11 aromatic rings. The molecule has 3 aliphatic rings. The van der Waals surface area contributed by atoms with Crippen molar-refractivity contribution >= 4 is 68.3 Å². The van der Waals surface area contributed by atoms with Crippen LogP contribution in [-0.2, 0) is 57.2 Å². The second-order valence-corrected chi connectivity index (χ2v) is 27.5. The van der Waals surface area contributed by atoms with Crippen molar-refractivity contribution in [2.75, 3.05) is 30.3 Å². The van der Waals surface area contributed by atoms with E-state index in [0.717, 1.165) is 11.1 Å². The van der Waals surface area contributed by atoms with Gasteiger partial charge in [-0.2, -0.15) is 10.2 Å². The monoisotopic (exact) mass is 1510 g/mol. The van der Waals surface area contributed by atoms with Gasteiger partial charge in [-0.25, -0.2) is 42.6 Å². The van der Waals surface area contributed by atoms with E-state index < -0.39 is 28.6 Å². The van der Waals surface area contributed by atoms with Gasteiger partial charge in [0.05, 0.1) is 17.7 Å². The molecule has 0 saturated heterocycles. The first kappa shape index (κ1) is 75.0. The number of halogens is 1. The number of nitrogens with two attached hydrogens (primary N) is 1. The van der Waals surface area contributed by atoms with Crippen LogP contribution in [0, 0.1) is 0 Å². The van der Waals surface area contributed by atoms with Crippen LogP contribution in [0.1, 0.15) is 122 Å². The largest absolute Gasteiger partial charge is 0.503 e. The first-order valence-corrected chi connectivity index (χ1v) is 35.0. The number of carbonyl (C=O) groups is 4. The van der Waals surface area contributed by atoms with Gasteiger partial charge in [-0.15, -0.1) is 9.78 Å². The number of aromatic hydroxyl groups is 1. The molecule has 0 fully saturated rings. The van der Waals surface area contributed by atoms with Crippen molar-refractivity contribution in [3.05, 3.63) is 245 Å². The molecular formula is C73H81BrN18O14. The van der Waals surface area contributed by atoms with E-state index in [1.807, 2.05) is 111 Å². The minimum Gasteiger partial charge on any atom is -0.503 e. The average molecular weight is 1510 g/mol. The number of aromatic amines is 2. The number of pyridine rings is 6. The molecule has 3 amide bonds. The molecule has 0 bridgehead atoms. The second kappa shape index (κ2) is 31.9.